The number of anilines is 1. The Morgan fingerprint density at radius 2 is 1.75 bits per heavy atom. The second-order valence-electron chi connectivity index (χ2n) is 7.15. The minimum atomic E-state index is -3.53. The Morgan fingerprint density at radius 1 is 1.11 bits per heavy atom. The fourth-order valence-corrected chi connectivity index (χ4v) is 4.83. The predicted octanol–water partition coefficient (Wildman–Crippen LogP) is 1.48. The highest BCUT2D eigenvalue weighted by atomic mass is 35.5. The summed E-state index contributed by atoms with van der Waals surface area (Å²) in [5, 5.41) is 3.47. The molecule has 1 aliphatic heterocycles. The number of quaternary nitrogens is 1. The van der Waals surface area contributed by atoms with Gasteiger partial charge in [0, 0.05) is 10.7 Å². The summed E-state index contributed by atoms with van der Waals surface area (Å²) in [6.07, 6.45) is 0. The summed E-state index contributed by atoms with van der Waals surface area (Å²) in [6, 6.07) is 12.2. The molecular weight excluding hydrogens is 398 g/mol. The molecule has 0 unspecified atom stereocenters. The first-order valence-electron chi connectivity index (χ1n) is 9.22. The maximum absolute atomic E-state index is 12.7. The quantitative estimate of drug-likeness (QED) is 0.766. The summed E-state index contributed by atoms with van der Waals surface area (Å²) >= 11 is 5.84. The SMILES string of the molecule is Cc1ccc(C)c(NC(=O)C[NH+]2CCN(S(=O)(=O)c3ccc(Cl)cc3)CC2)c1. The predicted molar refractivity (Wildman–Crippen MR) is 110 cm³/mol. The summed E-state index contributed by atoms with van der Waals surface area (Å²) in [5.74, 6) is -0.0577. The molecule has 150 valence electrons. The largest absolute Gasteiger partial charge is 0.325 e. The highest BCUT2D eigenvalue weighted by molar-refractivity contribution is 7.89. The van der Waals surface area contributed by atoms with Crippen LogP contribution in [0.3, 0.4) is 0 Å². The number of hydrogen-bond acceptors (Lipinski definition) is 3. The number of aryl methyl sites for hydroxylation is 2. The van der Waals surface area contributed by atoms with Gasteiger partial charge in [-0.2, -0.15) is 4.31 Å². The van der Waals surface area contributed by atoms with E-state index < -0.39 is 10.0 Å². The molecule has 0 bridgehead atoms. The molecule has 6 nitrogen and oxygen atoms in total. The Labute approximate surface area is 171 Å². The van der Waals surface area contributed by atoms with Gasteiger partial charge in [0.2, 0.25) is 10.0 Å². The lowest BCUT2D eigenvalue weighted by Crippen LogP contribution is -3.15. The minimum absolute atomic E-state index is 0.0577. The molecule has 1 amide bonds. The number of benzene rings is 2. The van der Waals surface area contributed by atoms with Crippen molar-refractivity contribution in [2.45, 2.75) is 18.7 Å². The van der Waals surface area contributed by atoms with Crippen molar-refractivity contribution in [3.63, 3.8) is 0 Å². The molecule has 2 aromatic carbocycles. The number of piperazine rings is 1. The monoisotopic (exact) mass is 422 g/mol. The van der Waals surface area contributed by atoms with Crippen LogP contribution in [-0.2, 0) is 14.8 Å². The van der Waals surface area contributed by atoms with Gasteiger partial charge in [0.05, 0.1) is 31.1 Å². The van der Waals surface area contributed by atoms with Gasteiger partial charge < -0.3 is 10.2 Å². The molecule has 28 heavy (non-hydrogen) atoms. The van der Waals surface area contributed by atoms with E-state index in [0.717, 1.165) is 21.7 Å². The number of nitrogens with one attached hydrogen (secondary N) is 2. The zero-order valence-electron chi connectivity index (χ0n) is 16.0. The first kappa shape index (κ1) is 20.8. The summed E-state index contributed by atoms with van der Waals surface area (Å²) < 4.78 is 26.9. The fourth-order valence-electron chi connectivity index (χ4n) is 3.27. The molecule has 8 heteroatoms. The molecule has 1 heterocycles. The van der Waals surface area contributed by atoms with Crippen LogP contribution >= 0.6 is 11.6 Å². The highest BCUT2D eigenvalue weighted by Gasteiger charge is 2.31. The normalized spacial score (nSPS) is 16.1. The molecule has 0 spiro atoms. The van der Waals surface area contributed by atoms with Crippen molar-refractivity contribution in [1.82, 2.24) is 4.31 Å². The van der Waals surface area contributed by atoms with Crippen LogP contribution in [0.1, 0.15) is 11.1 Å². The summed E-state index contributed by atoms with van der Waals surface area (Å²) in [4.78, 5) is 13.7. The van der Waals surface area contributed by atoms with Gasteiger partial charge in [-0.25, -0.2) is 8.42 Å². The molecule has 1 fully saturated rings. The van der Waals surface area contributed by atoms with E-state index in [2.05, 4.69) is 5.32 Å². The zero-order chi connectivity index (χ0) is 20.3. The molecular formula is C20H25ClN3O3S+. The summed E-state index contributed by atoms with van der Waals surface area (Å²) in [5.41, 5.74) is 2.94. The van der Waals surface area contributed by atoms with Crippen molar-refractivity contribution in [1.29, 1.82) is 0 Å². The third-order valence-corrected chi connectivity index (χ3v) is 7.12. The average Bonchev–Trinajstić information content (AvgIpc) is 2.65. The number of nitrogens with zero attached hydrogens (tertiary/aromatic N) is 1. The van der Waals surface area contributed by atoms with Gasteiger partial charge in [0.1, 0.15) is 0 Å². The van der Waals surface area contributed by atoms with E-state index in [4.69, 9.17) is 11.6 Å². The maximum atomic E-state index is 12.7. The number of hydrogen-bond donors (Lipinski definition) is 2. The Hall–Kier alpha value is -1.93. The Morgan fingerprint density at radius 3 is 2.39 bits per heavy atom. The lowest BCUT2D eigenvalue weighted by Gasteiger charge is -2.31. The molecule has 3 rings (SSSR count). The molecule has 2 N–H and O–H groups in total. The number of sulfonamides is 1. The van der Waals surface area contributed by atoms with Crippen molar-refractivity contribution in [2.24, 2.45) is 0 Å². The van der Waals surface area contributed by atoms with Crippen molar-refractivity contribution in [2.75, 3.05) is 38.0 Å². The minimum Gasteiger partial charge on any atom is -0.325 e. The van der Waals surface area contributed by atoms with E-state index in [-0.39, 0.29) is 10.8 Å². The van der Waals surface area contributed by atoms with Crippen LogP contribution in [0.2, 0.25) is 5.02 Å². The van der Waals surface area contributed by atoms with E-state index in [1.165, 1.54) is 16.4 Å². The number of carbonyl (C=O) groups excluding carboxylic acids is 1. The van der Waals surface area contributed by atoms with E-state index in [1.54, 1.807) is 12.1 Å². The molecule has 1 saturated heterocycles. The van der Waals surface area contributed by atoms with Crippen molar-refractivity contribution >= 4 is 33.2 Å². The van der Waals surface area contributed by atoms with Gasteiger partial charge in [-0.05, 0) is 55.3 Å². The van der Waals surface area contributed by atoms with Crippen molar-refractivity contribution < 1.29 is 18.1 Å². The van der Waals surface area contributed by atoms with Gasteiger partial charge in [-0.1, -0.05) is 23.7 Å². The smallest absolute Gasteiger partial charge is 0.279 e. The molecule has 0 atom stereocenters. The average molecular weight is 423 g/mol. The second-order valence-corrected chi connectivity index (χ2v) is 9.53. The summed E-state index contributed by atoms with van der Waals surface area (Å²) in [6.45, 7) is 6.22. The number of halogens is 1. The fraction of sp³-hybridized carbons (Fsp3) is 0.350. The van der Waals surface area contributed by atoms with Crippen LogP contribution in [0.15, 0.2) is 47.4 Å². The van der Waals surface area contributed by atoms with Crippen molar-refractivity contribution in [3.05, 3.63) is 58.6 Å². The van der Waals surface area contributed by atoms with E-state index in [9.17, 15) is 13.2 Å². The van der Waals surface area contributed by atoms with Crippen LogP contribution in [0.5, 0.6) is 0 Å². The standard InChI is InChI=1S/C20H24ClN3O3S/c1-15-3-4-16(2)19(13-15)22-20(25)14-23-9-11-24(12-10-23)28(26,27)18-7-5-17(21)6-8-18/h3-8,13H,9-12,14H2,1-2H3,(H,22,25)/p+1. The molecule has 0 saturated carbocycles. The molecule has 0 aliphatic carbocycles. The van der Waals surface area contributed by atoms with Crippen molar-refractivity contribution in [3.8, 4) is 0 Å². The van der Waals surface area contributed by atoms with E-state index >= 15 is 0 Å². The van der Waals surface area contributed by atoms with E-state index in [0.29, 0.717) is 37.7 Å². The van der Waals surface area contributed by atoms with Gasteiger partial charge >= 0.3 is 0 Å². The van der Waals surface area contributed by atoms with Crippen LogP contribution in [-0.4, -0.2) is 51.4 Å². The van der Waals surface area contributed by atoms with Crippen LogP contribution < -0.4 is 10.2 Å². The number of amides is 1. The number of carbonyl (C=O) groups is 1. The van der Waals surface area contributed by atoms with E-state index in [1.807, 2.05) is 32.0 Å². The number of rotatable bonds is 5. The van der Waals surface area contributed by atoms with Crippen LogP contribution in [0.25, 0.3) is 0 Å². The molecule has 2 aromatic rings. The van der Waals surface area contributed by atoms with Gasteiger partial charge in [0.25, 0.3) is 5.91 Å². The molecule has 1 aliphatic rings. The van der Waals surface area contributed by atoms with Gasteiger partial charge in [-0.3, -0.25) is 4.79 Å². The van der Waals surface area contributed by atoms with Gasteiger partial charge in [0.15, 0.2) is 6.54 Å². The first-order valence-corrected chi connectivity index (χ1v) is 11.0. The third kappa shape index (κ3) is 4.91. The Kier molecular flexibility index (Phi) is 6.40. The third-order valence-electron chi connectivity index (χ3n) is 4.96. The topological polar surface area (TPSA) is 70.9 Å². The van der Waals surface area contributed by atoms with Crippen LogP contribution in [0.4, 0.5) is 5.69 Å². The Balaban J connectivity index is 1.55. The Bertz CT molecular complexity index is 953. The second kappa shape index (κ2) is 8.61. The first-order chi connectivity index (χ1) is 13.3. The zero-order valence-corrected chi connectivity index (χ0v) is 17.6. The lowest BCUT2D eigenvalue weighted by molar-refractivity contribution is -0.895. The summed E-state index contributed by atoms with van der Waals surface area (Å²) in [7, 11) is -3.53. The highest BCUT2D eigenvalue weighted by Crippen LogP contribution is 2.18. The van der Waals surface area contributed by atoms with Gasteiger partial charge in [-0.15, -0.1) is 0 Å². The lowest BCUT2D eigenvalue weighted by atomic mass is 10.1. The van der Waals surface area contributed by atoms with Crippen LogP contribution in [0, 0.1) is 13.8 Å². The maximum Gasteiger partial charge on any atom is 0.279 e. The molecule has 0 aromatic heterocycles. The molecule has 0 radical (unpaired) electrons.